The molecule has 170 valence electrons. The second kappa shape index (κ2) is 10.0. The van der Waals surface area contributed by atoms with Crippen LogP contribution in [0.5, 0.6) is 17.2 Å². The van der Waals surface area contributed by atoms with Crippen LogP contribution < -0.4 is 20.7 Å². The van der Waals surface area contributed by atoms with Gasteiger partial charge in [0.05, 0.1) is 0 Å². The van der Waals surface area contributed by atoms with E-state index in [0.29, 0.717) is 22.8 Å². The number of anilines is 6. The van der Waals surface area contributed by atoms with Crippen LogP contribution in [-0.2, 0) is 4.79 Å². The van der Waals surface area contributed by atoms with Gasteiger partial charge in [-0.2, -0.15) is 15.0 Å². The van der Waals surface area contributed by atoms with Gasteiger partial charge in [-0.05, 0) is 72.8 Å². The van der Waals surface area contributed by atoms with Crippen molar-refractivity contribution in [2.45, 2.75) is 0 Å². The van der Waals surface area contributed by atoms with E-state index >= 15 is 0 Å². The lowest BCUT2D eigenvalue weighted by Crippen LogP contribution is -2.07. The van der Waals surface area contributed by atoms with Crippen LogP contribution in [0.3, 0.4) is 0 Å². The number of nitrogens with one attached hydrogen (secondary N) is 3. The average Bonchev–Trinajstić information content (AvgIpc) is 2.83. The minimum absolute atomic E-state index is 0.139. The maximum atomic E-state index is 11.3. The first-order chi connectivity index (χ1) is 16.5. The summed E-state index contributed by atoms with van der Waals surface area (Å²) in [5, 5.41) is 28.2. The molecule has 5 N–H and O–H groups in total. The molecule has 0 spiro atoms. The molecule has 4 aromatic rings. The van der Waals surface area contributed by atoms with Crippen molar-refractivity contribution < 1.29 is 19.7 Å². The monoisotopic (exact) mass is 456 g/mol. The van der Waals surface area contributed by atoms with Crippen LogP contribution in [-0.4, -0.2) is 31.1 Å². The second-order valence-corrected chi connectivity index (χ2v) is 6.92. The summed E-state index contributed by atoms with van der Waals surface area (Å²) in [6.07, 6.45) is 1.09. The molecule has 0 amide bonds. The van der Waals surface area contributed by atoms with Crippen LogP contribution in [0.25, 0.3) is 0 Å². The molecule has 1 aromatic heterocycles. The molecular weight excluding hydrogens is 436 g/mol. The third kappa shape index (κ3) is 5.98. The minimum atomic E-state index is -0.548. The zero-order chi connectivity index (χ0) is 23.9. The van der Waals surface area contributed by atoms with Crippen molar-refractivity contribution in [3.05, 3.63) is 85.5 Å². The van der Waals surface area contributed by atoms with Gasteiger partial charge >= 0.3 is 5.97 Å². The van der Waals surface area contributed by atoms with Crippen molar-refractivity contribution in [1.82, 2.24) is 15.0 Å². The Bertz CT molecular complexity index is 1230. The molecule has 3 aromatic carbocycles. The largest absolute Gasteiger partial charge is 0.508 e. The Kier molecular flexibility index (Phi) is 6.50. The molecule has 1 heterocycles. The van der Waals surface area contributed by atoms with E-state index in [1.807, 2.05) is 0 Å². The molecule has 0 atom stereocenters. The number of phenols is 2. The van der Waals surface area contributed by atoms with Crippen LogP contribution in [0.2, 0.25) is 0 Å². The Morgan fingerprint density at radius 1 is 0.676 bits per heavy atom. The van der Waals surface area contributed by atoms with Gasteiger partial charge < -0.3 is 30.9 Å². The van der Waals surface area contributed by atoms with E-state index in [1.165, 1.54) is 0 Å². The summed E-state index contributed by atoms with van der Waals surface area (Å²) < 4.78 is 5.07. The highest BCUT2D eigenvalue weighted by atomic mass is 16.5. The number of phenolic OH excluding ortho intramolecular Hbond substituents is 2. The molecule has 0 aliphatic heterocycles. The van der Waals surface area contributed by atoms with E-state index in [0.717, 1.165) is 6.08 Å². The highest BCUT2D eigenvalue weighted by Gasteiger charge is 2.09. The number of esters is 1. The average molecular weight is 456 g/mol. The number of ether oxygens (including phenoxy) is 1. The Balaban J connectivity index is 1.59. The molecule has 10 nitrogen and oxygen atoms in total. The SMILES string of the molecule is C=CC(=O)Oc1ccc(Nc2nc(Nc3ccc(O)cc3)nc(Nc3ccc(O)cc3)n2)cc1. The third-order valence-electron chi connectivity index (χ3n) is 4.38. The number of hydrogen-bond donors (Lipinski definition) is 5. The second-order valence-electron chi connectivity index (χ2n) is 6.92. The first kappa shape index (κ1) is 22.1. The Labute approximate surface area is 194 Å². The predicted octanol–water partition coefficient (Wildman–Crippen LogP) is 4.61. The first-order valence-electron chi connectivity index (χ1n) is 10.1. The van der Waals surface area contributed by atoms with Gasteiger partial charge in [-0.1, -0.05) is 6.58 Å². The van der Waals surface area contributed by atoms with Gasteiger partial charge in [0, 0.05) is 23.1 Å². The summed E-state index contributed by atoms with van der Waals surface area (Å²) in [5.41, 5.74) is 1.98. The molecule has 0 aliphatic carbocycles. The highest BCUT2D eigenvalue weighted by Crippen LogP contribution is 2.24. The predicted molar refractivity (Wildman–Crippen MR) is 128 cm³/mol. The van der Waals surface area contributed by atoms with Crippen LogP contribution in [0.1, 0.15) is 0 Å². The molecule has 0 bridgehead atoms. The van der Waals surface area contributed by atoms with E-state index in [-0.39, 0.29) is 29.3 Å². The molecule has 0 saturated heterocycles. The summed E-state index contributed by atoms with van der Waals surface area (Å²) in [6.45, 7) is 3.37. The van der Waals surface area contributed by atoms with Gasteiger partial charge in [0.15, 0.2) is 0 Å². The smallest absolute Gasteiger partial charge is 0.335 e. The number of carbonyl (C=O) groups is 1. The van der Waals surface area contributed by atoms with E-state index in [2.05, 4.69) is 37.5 Å². The molecule has 0 saturated carbocycles. The molecular formula is C24H20N6O4. The molecule has 0 radical (unpaired) electrons. The molecule has 10 heteroatoms. The first-order valence-corrected chi connectivity index (χ1v) is 10.1. The number of carbonyl (C=O) groups excluding carboxylic acids is 1. The highest BCUT2D eigenvalue weighted by molar-refractivity contribution is 5.83. The summed E-state index contributed by atoms with van der Waals surface area (Å²) in [5.74, 6) is 0.847. The van der Waals surface area contributed by atoms with Crippen LogP contribution in [0, 0.1) is 0 Å². The standard InChI is InChI=1S/C24H20N6O4/c1-2-21(33)34-20-13-7-17(8-14-20)27-24-29-22(25-15-3-9-18(31)10-4-15)28-23(30-24)26-16-5-11-19(32)12-6-16/h2-14,31-32H,1H2,(H3,25,26,27,28,29,30). The number of rotatable bonds is 8. The van der Waals surface area contributed by atoms with Crippen molar-refractivity contribution in [3.63, 3.8) is 0 Å². The van der Waals surface area contributed by atoms with Crippen molar-refractivity contribution in [1.29, 1.82) is 0 Å². The van der Waals surface area contributed by atoms with Crippen LogP contribution >= 0.6 is 0 Å². The summed E-state index contributed by atoms with van der Waals surface area (Å²) >= 11 is 0. The summed E-state index contributed by atoms with van der Waals surface area (Å²) in [4.78, 5) is 24.5. The zero-order valence-electron chi connectivity index (χ0n) is 17.8. The van der Waals surface area contributed by atoms with Gasteiger partial charge in [0.25, 0.3) is 0 Å². The molecule has 0 unspecified atom stereocenters. The van der Waals surface area contributed by atoms with Gasteiger partial charge in [-0.15, -0.1) is 0 Å². The number of hydrogen-bond acceptors (Lipinski definition) is 10. The van der Waals surface area contributed by atoms with Gasteiger partial charge in [-0.3, -0.25) is 0 Å². The number of benzene rings is 3. The molecule has 0 aliphatic rings. The fourth-order valence-corrected chi connectivity index (χ4v) is 2.78. The van der Waals surface area contributed by atoms with E-state index < -0.39 is 5.97 Å². The minimum Gasteiger partial charge on any atom is -0.508 e. The lowest BCUT2D eigenvalue weighted by atomic mass is 10.3. The fourth-order valence-electron chi connectivity index (χ4n) is 2.78. The fraction of sp³-hybridized carbons (Fsp3) is 0. The Morgan fingerprint density at radius 3 is 1.38 bits per heavy atom. The Morgan fingerprint density at radius 2 is 1.03 bits per heavy atom. The van der Waals surface area contributed by atoms with Crippen LogP contribution in [0.15, 0.2) is 85.5 Å². The molecule has 34 heavy (non-hydrogen) atoms. The Hall–Kier alpha value is -5.12. The number of aromatic nitrogens is 3. The number of aromatic hydroxyl groups is 2. The number of nitrogens with zero attached hydrogens (tertiary/aromatic N) is 3. The normalized spacial score (nSPS) is 10.2. The quantitative estimate of drug-likeness (QED) is 0.110. The van der Waals surface area contributed by atoms with Gasteiger partial charge in [-0.25, -0.2) is 4.79 Å². The summed E-state index contributed by atoms with van der Waals surface area (Å²) in [7, 11) is 0. The van der Waals surface area contributed by atoms with E-state index in [4.69, 9.17) is 4.74 Å². The third-order valence-corrected chi connectivity index (χ3v) is 4.38. The lowest BCUT2D eigenvalue weighted by molar-refractivity contribution is -0.128. The van der Waals surface area contributed by atoms with Crippen molar-refractivity contribution >= 4 is 40.9 Å². The van der Waals surface area contributed by atoms with Crippen LogP contribution in [0.4, 0.5) is 34.9 Å². The zero-order valence-corrected chi connectivity index (χ0v) is 17.8. The van der Waals surface area contributed by atoms with Gasteiger partial charge in [0.2, 0.25) is 17.8 Å². The summed E-state index contributed by atoms with van der Waals surface area (Å²) in [6, 6.07) is 19.5. The maximum absolute atomic E-state index is 11.3. The van der Waals surface area contributed by atoms with Crippen molar-refractivity contribution in [3.8, 4) is 17.2 Å². The lowest BCUT2D eigenvalue weighted by Gasteiger charge is -2.12. The van der Waals surface area contributed by atoms with E-state index in [1.54, 1.807) is 72.8 Å². The van der Waals surface area contributed by atoms with Crippen molar-refractivity contribution in [2.24, 2.45) is 0 Å². The van der Waals surface area contributed by atoms with Crippen molar-refractivity contribution in [2.75, 3.05) is 16.0 Å². The van der Waals surface area contributed by atoms with E-state index in [9.17, 15) is 15.0 Å². The molecule has 0 fully saturated rings. The maximum Gasteiger partial charge on any atom is 0.335 e. The topological polar surface area (TPSA) is 142 Å². The van der Waals surface area contributed by atoms with Gasteiger partial charge in [0.1, 0.15) is 17.2 Å². The molecule has 4 rings (SSSR count).